The van der Waals surface area contributed by atoms with Crippen molar-refractivity contribution in [2.75, 3.05) is 0 Å². The van der Waals surface area contributed by atoms with Crippen LogP contribution in [0, 0.1) is 0 Å². The van der Waals surface area contributed by atoms with E-state index < -0.39 is 11.4 Å². The molecule has 1 heterocycles. The van der Waals surface area contributed by atoms with Gasteiger partial charge in [0, 0.05) is 11.6 Å². The van der Waals surface area contributed by atoms with Crippen molar-refractivity contribution in [1.82, 2.24) is 9.97 Å². The molecule has 0 saturated carbocycles. The highest BCUT2D eigenvalue weighted by Crippen LogP contribution is 2.31. The van der Waals surface area contributed by atoms with Gasteiger partial charge in [-0.1, -0.05) is 19.4 Å². The SMILES string of the molecule is CCCC(C)(C(=O)O)c1ccc2ncncc2c1. The van der Waals surface area contributed by atoms with Crippen LogP contribution in [0.15, 0.2) is 30.7 Å². The van der Waals surface area contributed by atoms with Crippen molar-refractivity contribution in [3.63, 3.8) is 0 Å². The fourth-order valence-electron chi connectivity index (χ4n) is 2.20. The third-order valence-electron chi connectivity index (χ3n) is 3.36. The lowest BCUT2D eigenvalue weighted by Crippen LogP contribution is -2.32. The molecule has 18 heavy (non-hydrogen) atoms. The number of aliphatic carboxylic acids is 1. The van der Waals surface area contributed by atoms with Crippen molar-refractivity contribution in [2.45, 2.75) is 32.1 Å². The van der Waals surface area contributed by atoms with E-state index in [4.69, 9.17) is 0 Å². The number of aromatic nitrogens is 2. The van der Waals surface area contributed by atoms with Gasteiger partial charge in [-0.25, -0.2) is 9.97 Å². The van der Waals surface area contributed by atoms with E-state index in [0.29, 0.717) is 6.42 Å². The van der Waals surface area contributed by atoms with Gasteiger partial charge in [0.05, 0.1) is 10.9 Å². The van der Waals surface area contributed by atoms with Gasteiger partial charge in [0.15, 0.2) is 0 Å². The average Bonchev–Trinajstić information content (AvgIpc) is 2.38. The zero-order valence-corrected chi connectivity index (χ0v) is 10.6. The van der Waals surface area contributed by atoms with Gasteiger partial charge in [0.1, 0.15) is 6.33 Å². The van der Waals surface area contributed by atoms with Gasteiger partial charge < -0.3 is 5.11 Å². The molecule has 1 aromatic heterocycles. The molecule has 1 atom stereocenters. The second-order valence-electron chi connectivity index (χ2n) is 4.68. The first kappa shape index (κ1) is 12.5. The Morgan fingerprint density at radius 2 is 2.22 bits per heavy atom. The Labute approximate surface area is 106 Å². The lowest BCUT2D eigenvalue weighted by Gasteiger charge is -2.25. The van der Waals surface area contributed by atoms with Crippen LogP contribution in [-0.2, 0) is 10.2 Å². The van der Waals surface area contributed by atoms with E-state index in [2.05, 4.69) is 9.97 Å². The summed E-state index contributed by atoms with van der Waals surface area (Å²) in [5.74, 6) is -0.791. The Morgan fingerprint density at radius 1 is 1.44 bits per heavy atom. The molecule has 4 heteroatoms. The van der Waals surface area contributed by atoms with Crippen LogP contribution in [-0.4, -0.2) is 21.0 Å². The molecule has 0 bridgehead atoms. The maximum atomic E-state index is 11.5. The molecule has 2 aromatic rings. The minimum Gasteiger partial charge on any atom is -0.481 e. The van der Waals surface area contributed by atoms with Crippen LogP contribution in [0.4, 0.5) is 0 Å². The Bertz CT molecular complexity index is 583. The number of carboxylic acid groups (broad SMARTS) is 1. The molecule has 0 aliphatic carbocycles. The van der Waals surface area contributed by atoms with Crippen molar-refractivity contribution in [3.05, 3.63) is 36.3 Å². The van der Waals surface area contributed by atoms with Crippen molar-refractivity contribution in [1.29, 1.82) is 0 Å². The van der Waals surface area contributed by atoms with Gasteiger partial charge in [-0.15, -0.1) is 0 Å². The lowest BCUT2D eigenvalue weighted by molar-refractivity contribution is -0.143. The second-order valence-corrected chi connectivity index (χ2v) is 4.68. The lowest BCUT2D eigenvalue weighted by atomic mass is 9.78. The number of nitrogens with zero attached hydrogens (tertiary/aromatic N) is 2. The Balaban J connectivity index is 2.54. The average molecular weight is 244 g/mol. The maximum Gasteiger partial charge on any atom is 0.313 e. The molecule has 0 saturated heterocycles. The standard InChI is InChI=1S/C14H16N2O2/c1-3-6-14(2,13(17)18)11-4-5-12-10(7-11)8-15-9-16-12/h4-5,7-9H,3,6H2,1-2H3,(H,17,18). The van der Waals surface area contributed by atoms with Crippen LogP contribution in [0.3, 0.4) is 0 Å². The highest BCUT2D eigenvalue weighted by atomic mass is 16.4. The number of benzene rings is 1. The highest BCUT2D eigenvalue weighted by Gasteiger charge is 2.34. The molecule has 0 fully saturated rings. The van der Waals surface area contributed by atoms with Crippen LogP contribution < -0.4 is 0 Å². The molecule has 0 aliphatic rings. The van der Waals surface area contributed by atoms with Gasteiger partial charge in [0.2, 0.25) is 0 Å². The molecule has 2 rings (SSSR count). The Kier molecular flexibility index (Phi) is 3.28. The third-order valence-corrected chi connectivity index (χ3v) is 3.36. The first-order chi connectivity index (χ1) is 8.58. The summed E-state index contributed by atoms with van der Waals surface area (Å²) in [7, 11) is 0. The molecule has 94 valence electrons. The number of fused-ring (bicyclic) bond motifs is 1. The van der Waals surface area contributed by atoms with Crippen LogP contribution in [0.2, 0.25) is 0 Å². The van der Waals surface area contributed by atoms with Crippen LogP contribution in [0.1, 0.15) is 32.3 Å². The zero-order chi connectivity index (χ0) is 13.2. The predicted molar refractivity (Wildman–Crippen MR) is 69.4 cm³/mol. The predicted octanol–water partition coefficient (Wildman–Crippen LogP) is 2.77. The molecule has 0 amide bonds. The number of hydrogen-bond donors (Lipinski definition) is 1. The largest absolute Gasteiger partial charge is 0.481 e. The highest BCUT2D eigenvalue weighted by molar-refractivity contribution is 5.84. The summed E-state index contributed by atoms with van der Waals surface area (Å²) < 4.78 is 0. The molecule has 1 aromatic carbocycles. The van der Waals surface area contributed by atoms with E-state index in [1.54, 1.807) is 13.1 Å². The number of carbonyl (C=O) groups is 1. The summed E-state index contributed by atoms with van der Waals surface area (Å²) in [4.78, 5) is 19.6. The second kappa shape index (κ2) is 4.72. The van der Waals surface area contributed by atoms with Crippen molar-refractivity contribution < 1.29 is 9.90 Å². The summed E-state index contributed by atoms with van der Waals surface area (Å²) >= 11 is 0. The third kappa shape index (κ3) is 2.06. The zero-order valence-electron chi connectivity index (χ0n) is 10.6. The number of carboxylic acids is 1. The van der Waals surface area contributed by atoms with E-state index in [-0.39, 0.29) is 0 Å². The van der Waals surface area contributed by atoms with Gasteiger partial charge in [0.25, 0.3) is 0 Å². The maximum absolute atomic E-state index is 11.5. The van der Waals surface area contributed by atoms with Crippen molar-refractivity contribution in [3.8, 4) is 0 Å². The normalized spacial score (nSPS) is 14.3. The first-order valence-electron chi connectivity index (χ1n) is 6.01. The molecular formula is C14H16N2O2. The van der Waals surface area contributed by atoms with Gasteiger partial charge in [-0.3, -0.25) is 4.79 Å². The van der Waals surface area contributed by atoms with E-state index in [1.165, 1.54) is 6.33 Å². The van der Waals surface area contributed by atoms with Crippen LogP contribution >= 0.6 is 0 Å². The Morgan fingerprint density at radius 3 is 2.89 bits per heavy atom. The van der Waals surface area contributed by atoms with Gasteiger partial charge in [-0.2, -0.15) is 0 Å². The fraction of sp³-hybridized carbons (Fsp3) is 0.357. The van der Waals surface area contributed by atoms with E-state index >= 15 is 0 Å². The number of rotatable bonds is 4. The topological polar surface area (TPSA) is 63.1 Å². The van der Waals surface area contributed by atoms with E-state index in [1.807, 2.05) is 25.1 Å². The monoisotopic (exact) mass is 244 g/mol. The van der Waals surface area contributed by atoms with Crippen molar-refractivity contribution >= 4 is 16.9 Å². The number of hydrogen-bond acceptors (Lipinski definition) is 3. The fourth-order valence-corrected chi connectivity index (χ4v) is 2.20. The van der Waals surface area contributed by atoms with Crippen LogP contribution in [0.5, 0.6) is 0 Å². The van der Waals surface area contributed by atoms with Crippen molar-refractivity contribution in [2.24, 2.45) is 0 Å². The van der Waals surface area contributed by atoms with Gasteiger partial charge in [-0.05, 0) is 31.0 Å². The minimum atomic E-state index is -0.848. The molecule has 4 nitrogen and oxygen atoms in total. The summed E-state index contributed by atoms with van der Waals surface area (Å²) in [6, 6.07) is 5.57. The minimum absolute atomic E-state index is 0.613. The molecular weight excluding hydrogens is 228 g/mol. The van der Waals surface area contributed by atoms with E-state index in [0.717, 1.165) is 22.9 Å². The summed E-state index contributed by atoms with van der Waals surface area (Å²) in [6.45, 7) is 3.76. The van der Waals surface area contributed by atoms with Crippen LogP contribution in [0.25, 0.3) is 10.9 Å². The Hall–Kier alpha value is -1.97. The molecule has 0 radical (unpaired) electrons. The summed E-state index contributed by atoms with van der Waals surface area (Å²) in [6.07, 6.45) is 4.64. The molecule has 0 aliphatic heterocycles. The molecule has 1 unspecified atom stereocenters. The summed E-state index contributed by atoms with van der Waals surface area (Å²) in [5, 5.41) is 10.3. The quantitative estimate of drug-likeness (QED) is 0.898. The van der Waals surface area contributed by atoms with Gasteiger partial charge >= 0.3 is 5.97 Å². The molecule has 0 spiro atoms. The first-order valence-corrected chi connectivity index (χ1v) is 6.01. The van der Waals surface area contributed by atoms with E-state index in [9.17, 15) is 9.90 Å². The smallest absolute Gasteiger partial charge is 0.313 e. The summed E-state index contributed by atoms with van der Waals surface area (Å²) in [5.41, 5.74) is 0.788. The molecule has 1 N–H and O–H groups in total.